The van der Waals surface area contributed by atoms with E-state index in [0.29, 0.717) is 17.0 Å². The minimum Gasteiger partial charge on any atom is -0.504 e. The first kappa shape index (κ1) is 25.9. The number of piperazine rings is 1. The van der Waals surface area contributed by atoms with E-state index in [1.54, 1.807) is 19.2 Å². The minimum absolute atomic E-state index is 0.0438. The lowest BCUT2D eigenvalue weighted by Crippen LogP contribution is -2.46. The molecule has 2 atom stereocenters. The fourth-order valence-corrected chi connectivity index (χ4v) is 5.92. The first-order chi connectivity index (χ1) is 17.8. The number of ketones is 1. The Hall–Kier alpha value is -2.74. The van der Waals surface area contributed by atoms with Gasteiger partial charge >= 0.3 is 0 Å². The van der Waals surface area contributed by atoms with E-state index < -0.39 is 11.6 Å². The molecule has 1 aromatic heterocycles. The van der Waals surface area contributed by atoms with Gasteiger partial charge in [0.05, 0.1) is 21.8 Å². The minimum atomic E-state index is -0.773. The van der Waals surface area contributed by atoms with Crippen LogP contribution in [0.1, 0.15) is 43.0 Å². The number of benzene rings is 2. The summed E-state index contributed by atoms with van der Waals surface area (Å²) < 4.78 is 14.2. The molecule has 37 heavy (non-hydrogen) atoms. The number of hydrogen-bond acceptors (Lipinski definition) is 6. The van der Waals surface area contributed by atoms with Gasteiger partial charge in [0.25, 0.3) is 0 Å². The van der Waals surface area contributed by atoms with Crippen molar-refractivity contribution in [3.8, 4) is 16.9 Å². The van der Waals surface area contributed by atoms with Crippen LogP contribution in [0.25, 0.3) is 22.0 Å². The van der Waals surface area contributed by atoms with E-state index >= 15 is 0 Å². The maximum absolute atomic E-state index is 14.2. The van der Waals surface area contributed by atoms with Crippen LogP contribution in [0.15, 0.2) is 36.5 Å². The van der Waals surface area contributed by atoms with Crippen molar-refractivity contribution in [2.75, 3.05) is 45.1 Å². The third-order valence-electron chi connectivity index (χ3n) is 7.84. The third-order valence-corrected chi connectivity index (χ3v) is 8.13. The first-order valence-corrected chi connectivity index (χ1v) is 13.5. The van der Waals surface area contributed by atoms with E-state index in [0.717, 1.165) is 74.1 Å². The summed E-state index contributed by atoms with van der Waals surface area (Å²) in [6.07, 6.45) is 6.16. The lowest BCUT2D eigenvalue weighted by molar-refractivity contribution is 0.101. The normalized spacial score (nSPS) is 21.3. The molecule has 8 heteroatoms. The molecule has 5 rings (SSSR count). The predicted molar refractivity (Wildman–Crippen MR) is 147 cm³/mol. The van der Waals surface area contributed by atoms with Gasteiger partial charge < -0.3 is 20.2 Å². The number of rotatable bonds is 6. The number of anilines is 1. The van der Waals surface area contributed by atoms with E-state index in [1.165, 1.54) is 12.5 Å². The Labute approximate surface area is 222 Å². The van der Waals surface area contributed by atoms with Crippen molar-refractivity contribution >= 4 is 34.0 Å². The quantitative estimate of drug-likeness (QED) is 0.396. The maximum Gasteiger partial charge on any atom is 0.170 e. The van der Waals surface area contributed by atoms with Gasteiger partial charge in [-0.2, -0.15) is 0 Å². The second kappa shape index (κ2) is 10.9. The number of Topliss-reactive ketones (excluding diaryl/α,β-unsaturated/α-hetero) is 1. The number of pyridine rings is 1. The number of aromatic hydroxyl groups is 1. The summed E-state index contributed by atoms with van der Waals surface area (Å²) in [6.45, 7) is 7.18. The standard InChI is InChI=1S/C29H34ClFN4O2/c1-18(36)24-16-32-27-7-6-20(21-14-25(30)29(37)26(31)15-21)13-23(27)28(24)33-22-5-3-4-19(12-22)17-35-10-8-34(2)9-11-35/h6-7,13-16,19,22,37H,3-5,8-12,17H2,1-2H3,(H,32,33)/t19-,22+/m1/s1. The zero-order valence-corrected chi connectivity index (χ0v) is 22.2. The van der Waals surface area contributed by atoms with Crippen LogP contribution in [0.2, 0.25) is 5.02 Å². The Morgan fingerprint density at radius 2 is 1.95 bits per heavy atom. The summed E-state index contributed by atoms with van der Waals surface area (Å²) >= 11 is 6.04. The van der Waals surface area contributed by atoms with Gasteiger partial charge in [-0.25, -0.2) is 4.39 Å². The highest BCUT2D eigenvalue weighted by Gasteiger charge is 2.26. The number of nitrogens with one attached hydrogen (secondary N) is 1. The van der Waals surface area contributed by atoms with Crippen LogP contribution in [0.3, 0.4) is 0 Å². The van der Waals surface area contributed by atoms with E-state index in [4.69, 9.17) is 11.6 Å². The van der Waals surface area contributed by atoms with Crippen molar-refractivity contribution in [3.05, 3.63) is 52.9 Å². The van der Waals surface area contributed by atoms with Gasteiger partial charge in [-0.3, -0.25) is 9.78 Å². The number of carbonyl (C=O) groups is 1. The molecule has 0 radical (unpaired) electrons. The van der Waals surface area contributed by atoms with Gasteiger partial charge in [0.1, 0.15) is 0 Å². The highest BCUT2D eigenvalue weighted by Crippen LogP contribution is 2.37. The zero-order chi connectivity index (χ0) is 26.1. The average Bonchev–Trinajstić information content (AvgIpc) is 2.88. The largest absolute Gasteiger partial charge is 0.504 e. The topological polar surface area (TPSA) is 68.7 Å². The molecule has 6 nitrogen and oxygen atoms in total. The summed E-state index contributed by atoms with van der Waals surface area (Å²) in [4.78, 5) is 22.1. The Morgan fingerprint density at radius 3 is 2.68 bits per heavy atom. The molecule has 2 heterocycles. The number of nitrogens with zero attached hydrogens (tertiary/aromatic N) is 3. The molecular formula is C29H34ClFN4O2. The van der Waals surface area contributed by atoms with Crippen molar-refractivity contribution in [1.29, 1.82) is 0 Å². The van der Waals surface area contributed by atoms with E-state index in [9.17, 15) is 14.3 Å². The predicted octanol–water partition coefficient (Wildman–Crippen LogP) is 5.82. The summed E-state index contributed by atoms with van der Waals surface area (Å²) in [5.41, 5.74) is 3.38. The van der Waals surface area contributed by atoms with Crippen molar-refractivity contribution in [3.63, 3.8) is 0 Å². The second-order valence-electron chi connectivity index (χ2n) is 10.6. The van der Waals surface area contributed by atoms with Crippen LogP contribution < -0.4 is 5.32 Å². The van der Waals surface area contributed by atoms with Crippen molar-refractivity contribution < 1.29 is 14.3 Å². The molecule has 2 fully saturated rings. The summed E-state index contributed by atoms with van der Waals surface area (Å²) in [5.74, 6) is -0.755. The number of halogens is 2. The van der Waals surface area contributed by atoms with Crippen LogP contribution in [0.4, 0.5) is 10.1 Å². The Balaban J connectivity index is 1.43. The van der Waals surface area contributed by atoms with Crippen molar-refractivity contribution in [2.24, 2.45) is 5.92 Å². The van der Waals surface area contributed by atoms with Gasteiger partial charge in [0.15, 0.2) is 17.3 Å². The number of likely N-dealkylation sites (N-methyl/N-ethyl adjacent to an activating group) is 1. The molecule has 2 aromatic carbocycles. The van der Waals surface area contributed by atoms with E-state index in [1.807, 2.05) is 18.2 Å². The Bertz CT molecular complexity index is 1290. The fraction of sp³-hybridized carbons (Fsp3) is 0.448. The van der Waals surface area contributed by atoms with Crippen molar-refractivity contribution in [1.82, 2.24) is 14.8 Å². The lowest BCUT2D eigenvalue weighted by Gasteiger charge is -2.37. The number of aromatic nitrogens is 1. The van der Waals surface area contributed by atoms with Crippen LogP contribution in [-0.4, -0.2) is 71.5 Å². The number of hydrogen-bond donors (Lipinski definition) is 2. The lowest BCUT2D eigenvalue weighted by atomic mass is 9.84. The van der Waals surface area contributed by atoms with Gasteiger partial charge in [0, 0.05) is 50.3 Å². The van der Waals surface area contributed by atoms with Crippen LogP contribution in [-0.2, 0) is 0 Å². The number of fused-ring (bicyclic) bond motifs is 1. The summed E-state index contributed by atoms with van der Waals surface area (Å²) in [5, 5.41) is 14.2. The van der Waals surface area contributed by atoms with Gasteiger partial charge in [0.2, 0.25) is 0 Å². The Morgan fingerprint density at radius 1 is 1.16 bits per heavy atom. The monoisotopic (exact) mass is 524 g/mol. The molecule has 2 aliphatic rings. The summed E-state index contributed by atoms with van der Waals surface area (Å²) in [6, 6.07) is 8.71. The van der Waals surface area contributed by atoms with Crippen LogP contribution >= 0.6 is 11.6 Å². The van der Waals surface area contributed by atoms with Gasteiger partial charge in [-0.1, -0.05) is 24.1 Å². The molecule has 2 N–H and O–H groups in total. The molecule has 0 unspecified atom stereocenters. The smallest absolute Gasteiger partial charge is 0.170 e. The highest BCUT2D eigenvalue weighted by atomic mass is 35.5. The number of phenols is 1. The molecule has 1 aliphatic carbocycles. The maximum atomic E-state index is 14.2. The van der Waals surface area contributed by atoms with E-state index in [-0.39, 0.29) is 16.8 Å². The molecule has 0 spiro atoms. The molecule has 0 bridgehead atoms. The molecular weight excluding hydrogens is 491 g/mol. The van der Waals surface area contributed by atoms with Gasteiger partial charge in [-0.15, -0.1) is 0 Å². The molecule has 3 aromatic rings. The summed E-state index contributed by atoms with van der Waals surface area (Å²) in [7, 11) is 2.18. The molecule has 1 aliphatic heterocycles. The number of phenolic OH excluding ortho intramolecular Hbond substituents is 1. The van der Waals surface area contributed by atoms with E-state index in [2.05, 4.69) is 27.1 Å². The molecule has 1 saturated heterocycles. The first-order valence-electron chi connectivity index (χ1n) is 13.1. The zero-order valence-electron chi connectivity index (χ0n) is 21.4. The molecule has 196 valence electrons. The van der Waals surface area contributed by atoms with Crippen LogP contribution in [0, 0.1) is 11.7 Å². The average molecular weight is 525 g/mol. The highest BCUT2D eigenvalue weighted by molar-refractivity contribution is 6.32. The van der Waals surface area contributed by atoms with Crippen LogP contribution in [0.5, 0.6) is 5.75 Å². The fourth-order valence-electron chi connectivity index (χ4n) is 5.71. The third kappa shape index (κ3) is 5.74. The molecule has 0 amide bonds. The SMILES string of the molecule is CC(=O)c1cnc2ccc(-c3cc(F)c(O)c(Cl)c3)cc2c1N[C@H]1CCC[C@@H](CN2CCN(C)CC2)C1. The van der Waals surface area contributed by atoms with Gasteiger partial charge in [-0.05, 0) is 74.5 Å². The van der Waals surface area contributed by atoms with Crippen molar-refractivity contribution in [2.45, 2.75) is 38.6 Å². The number of carbonyl (C=O) groups excluding carboxylic acids is 1. The Kier molecular flexibility index (Phi) is 7.65. The molecule has 1 saturated carbocycles. The second-order valence-corrected chi connectivity index (χ2v) is 11.0.